The summed E-state index contributed by atoms with van der Waals surface area (Å²) in [6, 6.07) is 7.95. The molecule has 3 aromatic rings. The number of carbonyl (C=O) groups excluding carboxylic acids is 1. The summed E-state index contributed by atoms with van der Waals surface area (Å²) in [4.78, 5) is 30.0. The molecule has 7 nitrogen and oxygen atoms in total. The average molecular weight is 446 g/mol. The topological polar surface area (TPSA) is 92.7 Å². The van der Waals surface area contributed by atoms with Crippen molar-refractivity contribution in [3.8, 4) is 0 Å². The molecule has 2 aromatic heterocycles. The Hall–Kier alpha value is -2.96. The molecule has 3 aliphatic rings. The van der Waals surface area contributed by atoms with Crippen molar-refractivity contribution in [1.82, 2.24) is 25.1 Å². The fraction of sp³-hybridized carbons (Fsp3) is 0.538. The zero-order valence-electron chi connectivity index (χ0n) is 19.4. The van der Waals surface area contributed by atoms with Gasteiger partial charge >= 0.3 is 0 Å². The van der Waals surface area contributed by atoms with Crippen molar-refractivity contribution in [2.45, 2.75) is 83.2 Å². The SMILES string of the molecule is CC(C)c1nc(C(=O)N[C@H]2CC3(C2)C[C@H](c2n[nH]c(=O)c4ccccc42)C3)c2n1CCCC2. The van der Waals surface area contributed by atoms with E-state index in [0.717, 1.165) is 74.1 Å². The second-order valence-corrected chi connectivity index (χ2v) is 10.7. The van der Waals surface area contributed by atoms with Crippen LogP contribution in [0.5, 0.6) is 0 Å². The van der Waals surface area contributed by atoms with Crippen LogP contribution in [0.15, 0.2) is 29.1 Å². The van der Waals surface area contributed by atoms with Gasteiger partial charge in [-0.05, 0) is 56.4 Å². The molecule has 1 aromatic carbocycles. The van der Waals surface area contributed by atoms with Gasteiger partial charge in [0.15, 0.2) is 0 Å². The number of rotatable bonds is 4. The van der Waals surface area contributed by atoms with Crippen LogP contribution >= 0.6 is 0 Å². The number of nitrogens with zero attached hydrogens (tertiary/aromatic N) is 3. The number of benzene rings is 1. The maximum atomic E-state index is 13.1. The summed E-state index contributed by atoms with van der Waals surface area (Å²) in [5, 5.41) is 12.0. The molecule has 33 heavy (non-hydrogen) atoms. The van der Waals surface area contributed by atoms with Gasteiger partial charge in [-0.3, -0.25) is 9.59 Å². The lowest BCUT2D eigenvalue weighted by molar-refractivity contribution is -0.0197. The van der Waals surface area contributed by atoms with Crippen LogP contribution in [0, 0.1) is 5.41 Å². The molecule has 0 radical (unpaired) electrons. The highest BCUT2D eigenvalue weighted by Gasteiger charge is 2.54. The maximum absolute atomic E-state index is 13.1. The van der Waals surface area contributed by atoms with E-state index in [1.54, 1.807) is 0 Å². The van der Waals surface area contributed by atoms with Crippen LogP contribution < -0.4 is 10.9 Å². The van der Waals surface area contributed by atoms with Crippen molar-refractivity contribution >= 4 is 16.7 Å². The number of imidazole rings is 1. The minimum absolute atomic E-state index is 0.00318. The second-order valence-electron chi connectivity index (χ2n) is 10.7. The lowest BCUT2D eigenvalue weighted by Crippen LogP contribution is -2.55. The van der Waals surface area contributed by atoms with Gasteiger partial charge in [0.25, 0.3) is 11.5 Å². The summed E-state index contributed by atoms with van der Waals surface area (Å²) >= 11 is 0. The van der Waals surface area contributed by atoms with E-state index in [-0.39, 0.29) is 17.5 Å². The summed E-state index contributed by atoms with van der Waals surface area (Å²) in [6.45, 7) is 5.27. The molecule has 1 aliphatic heterocycles. The minimum atomic E-state index is -0.128. The number of amides is 1. The van der Waals surface area contributed by atoms with Crippen LogP contribution in [0.2, 0.25) is 0 Å². The van der Waals surface area contributed by atoms with E-state index in [0.29, 0.717) is 28.3 Å². The third-order valence-electron chi connectivity index (χ3n) is 8.04. The molecule has 0 atom stereocenters. The molecule has 1 amide bonds. The lowest BCUT2D eigenvalue weighted by atomic mass is 9.49. The first-order chi connectivity index (χ1) is 15.9. The Morgan fingerprint density at radius 1 is 1.15 bits per heavy atom. The number of nitrogens with one attached hydrogen (secondary N) is 2. The number of aromatic nitrogens is 4. The van der Waals surface area contributed by atoms with Crippen LogP contribution in [0.3, 0.4) is 0 Å². The molecule has 2 aliphatic carbocycles. The maximum Gasteiger partial charge on any atom is 0.272 e. The molecule has 0 unspecified atom stereocenters. The van der Waals surface area contributed by atoms with E-state index in [2.05, 4.69) is 33.9 Å². The third-order valence-corrected chi connectivity index (χ3v) is 8.04. The largest absolute Gasteiger partial charge is 0.348 e. The number of hydrogen-bond acceptors (Lipinski definition) is 4. The van der Waals surface area contributed by atoms with Gasteiger partial charge in [-0.25, -0.2) is 10.1 Å². The first-order valence-electron chi connectivity index (χ1n) is 12.3. The smallest absolute Gasteiger partial charge is 0.272 e. The standard InChI is InChI=1S/C26H31N5O2/c1-15(2)23-28-22(20-9-5-6-10-31(20)23)25(33)27-17-13-26(14-17)11-16(12-26)21-18-7-3-4-8-19(18)24(32)30-29-21/h3-4,7-8,15-17H,5-6,9-14H2,1-2H3,(H,27,33)(H,30,32)/t16-,17-,26?. The van der Waals surface area contributed by atoms with Gasteiger partial charge < -0.3 is 9.88 Å². The Morgan fingerprint density at radius 2 is 1.91 bits per heavy atom. The molecule has 3 heterocycles. The second kappa shape index (κ2) is 7.54. The summed E-state index contributed by atoms with van der Waals surface area (Å²) in [6.07, 6.45) is 7.41. The highest BCUT2D eigenvalue weighted by Crippen LogP contribution is 2.62. The van der Waals surface area contributed by atoms with Crippen molar-refractivity contribution in [3.05, 3.63) is 57.5 Å². The molecule has 0 saturated heterocycles. The highest BCUT2D eigenvalue weighted by molar-refractivity contribution is 5.94. The fourth-order valence-corrected chi connectivity index (χ4v) is 6.49. The van der Waals surface area contributed by atoms with E-state index in [9.17, 15) is 9.59 Å². The van der Waals surface area contributed by atoms with Gasteiger partial charge in [0.2, 0.25) is 0 Å². The molecule has 2 saturated carbocycles. The van der Waals surface area contributed by atoms with E-state index in [4.69, 9.17) is 4.98 Å². The third kappa shape index (κ3) is 3.31. The Labute approximate surface area is 193 Å². The summed E-state index contributed by atoms with van der Waals surface area (Å²) < 4.78 is 2.28. The number of hydrogen-bond donors (Lipinski definition) is 2. The van der Waals surface area contributed by atoms with Gasteiger partial charge in [-0.1, -0.05) is 32.0 Å². The van der Waals surface area contributed by atoms with Crippen LogP contribution in [0.4, 0.5) is 0 Å². The lowest BCUT2D eigenvalue weighted by Gasteiger charge is -2.57. The molecule has 172 valence electrons. The first-order valence-corrected chi connectivity index (χ1v) is 12.3. The van der Waals surface area contributed by atoms with Crippen molar-refractivity contribution in [2.24, 2.45) is 5.41 Å². The molecule has 1 spiro atoms. The quantitative estimate of drug-likeness (QED) is 0.634. The molecule has 0 bridgehead atoms. The van der Waals surface area contributed by atoms with E-state index >= 15 is 0 Å². The summed E-state index contributed by atoms with van der Waals surface area (Å²) in [5.74, 6) is 1.73. The van der Waals surface area contributed by atoms with Gasteiger partial charge in [-0.2, -0.15) is 5.10 Å². The van der Waals surface area contributed by atoms with Crippen molar-refractivity contribution < 1.29 is 4.79 Å². The van der Waals surface area contributed by atoms with Crippen LogP contribution in [0.25, 0.3) is 10.8 Å². The molecule has 6 rings (SSSR count). The molecule has 7 heteroatoms. The van der Waals surface area contributed by atoms with E-state index in [1.807, 2.05) is 24.3 Å². The number of aromatic amines is 1. The Morgan fingerprint density at radius 3 is 2.67 bits per heavy atom. The molecule has 2 N–H and O–H groups in total. The molecular formula is C26H31N5O2. The number of H-pyrrole nitrogens is 1. The summed E-state index contributed by atoms with van der Waals surface area (Å²) in [7, 11) is 0. The Bertz CT molecular complexity index is 1290. The Balaban J connectivity index is 1.11. The van der Waals surface area contributed by atoms with Crippen molar-refractivity contribution in [2.75, 3.05) is 0 Å². The van der Waals surface area contributed by atoms with Crippen LogP contribution in [-0.4, -0.2) is 31.7 Å². The molecular weight excluding hydrogens is 414 g/mol. The molecule has 2 fully saturated rings. The van der Waals surface area contributed by atoms with Gasteiger partial charge in [0.1, 0.15) is 11.5 Å². The summed E-state index contributed by atoms with van der Waals surface area (Å²) in [5.41, 5.74) is 2.95. The van der Waals surface area contributed by atoms with Gasteiger partial charge in [0, 0.05) is 29.8 Å². The van der Waals surface area contributed by atoms with E-state index in [1.165, 1.54) is 0 Å². The van der Waals surface area contributed by atoms with Crippen molar-refractivity contribution in [1.29, 1.82) is 0 Å². The highest BCUT2D eigenvalue weighted by atomic mass is 16.2. The monoisotopic (exact) mass is 445 g/mol. The normalized spacial score (nSPS) is 26.2. The minimum Gasteiger partial charge on any atom is -0.348 e. The number of carbonyl (C=O) groups is 1. The number of fused-ring (bicyclic) bond motifs is 2. The predicted octanol–water partition coefficient (Wildman–Crippen LogP) is 4.04. The van der Waals surface area contributed by atoms with Crippen molar-refractivity contribution in [3.63, 3.8) is 0 Å². The van der Waals surface area contributed by atoms with E-state index < -0.39 is 0 Å². The van der Waals surface area contributed by atoms with Gasteiger partial charge in [-0.15, -0.1) is 0 Å². The zero-order chi connectivity index (χ0) is 22.7. The predicted molar refractivity (Wildman–Crippen MR) is 127 cm³/mol. The fourth-order valence-electron chi connectivity index (χ4n) is 6.49. The van der Waals surface area contributed by atoms with Crippen LogP contribution in [-0.2, 0) is 13.0 Å². The first kappa shape index (κ1) is 20.6. The zero-order valence-corrected chi connectivity index (χ0v) is 19.4. The van der Waals surface area contributed by atoms with Gasteiger partial charge in [0.05, 0.1) is 16.8 Å². The van der Waals surface area contributed by atoms with Crippen LogP contribution in [0.1, 0.15) is 91.9 Å². The average Bonchev–Trinajstić information content (AvgIpc) is 3.16. The Kier molecular flexibility index (Phi) is 4.71.